The van der Waals surface area contributed by atoms with E-state index in [4.69, 9.17) is 23.2 Å². The molecule has 0 spiro atoms. The molecule has 0 radical (unpaired) electrons. The van der Waals surface area contributed by atoms with Crippen LogP contribution in [-0.4, -0.2) is 0 Å². The molecule has 0 heterocycles. The van der Waals surface area contributed by atoms with Crippen LogP contribution in [0.3, 0.4) is 0 Å². The molecule has 0 aromatic heterocycles. The molecule has 0 aliphatic carbocycles. The lowest BCUT2D eigenvalue weighted by molar-refractivity contribution is 1.27. The Balaban J connectivity index is 1.36. The third-order valence-electron chi connectivity index (χ3n) is 8.33. The molecule has 0 aliphatic rings. The van der Waals surface area contributed by atoms with Crippen molar-refractivity contribution in [3.8, 4) is 0 Å². The number of rotatable bonds is 9. The van der Waals surface area contributed by atoms with Gasteiger partial charge in [-0.15, -0.1) is 0 Å². The molecule has 1 nitrogen and oxygen atoms in total. The van der Waals surface area contributed by atoms with Gasteiger partial charge in [-0.1, -0.05) is 155 Å². The Hall–Kier alpha value is -5.08. The molecular weight excluding hydrogens is 625 g/mol. The Morgan fingerprint density at radius 3 is 1.23 bits per heavy atom. The molecule has 3 heteroatoms. The highest BCUT2D eigenvalue weighted by Crippen LogP contribution is 2.33. The second-order valence-electron chi connectivity index (χ2n) is 12.0. The average Bonchev–Trinajstić information content (AvgIpc) is 3.10. The molecule has 0 atom stereocenters. The van der Waals surface area contributed by atoms with E-state index in [1.807, 2.05) is 24.3 Å². The zero-order valence-electron chi connectivity index (χ0n) is 27.4. The fraction of sp³-hybridized carbons (Fsp3) is 0.0667. The highest BCUT2D eigenvalue weighted by molar-refractivity contribution is 6.31. The Kier molecular flexibility index (Phi) is 10.4. The summed E-state index contributed by atoms with van der Waals surface area (Å²) in [5, 5.41) is 1.40. The van der Waals surface area contributed by atoms with Gasteiger partial charge in [0.1, 0.15) is 0 Å². The van der Waals surface area contributed by atoms with Gasteiger partial charge >= 0.3 is 0 Å². The van der Waals surface area contributed by atoms with Gasteiger partial charge in [0.05, 0.1) is 0 Å². The van der Waals surface area contributed by atoms with Crippen LogP contribution in [-0.2, 0) is 0 Å². The molecule has 6 rings (SSSR count). The van der Waals surface area contributed by atoms with Crippen LogP contribution in [0.4, 0.5) is 11.4 Å². The predicted octanol–water partition coefficient (Wildman–Crippen LogP) is 13.3. The summed E-state index contributed by atoms with van der Waals surface area (Å²) in [7, 11) is 0. The van der Waals surface area contributed by atoms with Gasteiger partial charge in [-0.3, -0.25) is 0 Å². The first-order valence-corrected chi connectivity index (χ1v) is 16.8. The number of nitrogens with zero attached hydrogens (tertiary/aromatic N) is 1. The van der Waals surface area contributed by atoms with Crippen LogP contribution in [0.1, 0.15) is 44.5 Å². The second kappa shape index (κ2) is 15.2. The molecule has 0 fully saturated rings. The molecule has 48 heavy (non-hydrogen) atoms. The van der Waals surface area contributed by atoms with Gasteiger partial charge in [-0.2, -0.15) is 0 Å². The van der Waals surface area contributed by atoms with Crippen molar-refractivity contribution in [2.45, 2.75) is 20.8 Å². The Bertz CT molecular complexity index is 1950. The summed E-state index contributed by atoms with van der Waals surface area (Å²) < 4.78 is 0. The third-order valence-corrected chi connectivity index (χ3v) is 8.83. The zero-order chi connectivity index (χ0) is 33.5. The smallest absolute Gasteiger partial charge is 0.0456 e. The fourth-order valence-electron chi connectivity index (χ4n) is 5.53. The molecule has 0 aliphatic heterocycles. The number of allylic oxidation sites excluding steroid dienone is 2. The molecular formula is C45H37Cl2N. The summed E-state index contributed by atoms with van der Waals surface area (Å²) in [5.41, 5.74) is 13.7. The van der Waals surface area contributed by atoms with Crippen molar-refractivity contribution in [2.24, 2.45) is 0 Å². The Morgan fingerprint density at radius 2 is 0.792 bits per heavy atom. The molecule has 6 aromatic carbocycles. The van der Waals surface area contributed by atoms with Crippen molar-refractivity contribution >= 4 is 51.8 Å². The maximum Gasteiger partial charge on any atom is 0.0456 e. The minimum atomic E-state index is 0.702. The molecule has 6 aromatic rings. The quantitative estimate of drug-likeness (QED) is 0.139. The molecule has 0 amide bonds. The topological polar surface area (TPSA) is 3.24 Å². The number of halogens is 2. The lowest BCUT2D eigenvalue weighted by Gasteiger charge is -2.24. The summed E-state index contributed by atoms with van der Waals surface area (Å²) in [6.07, 6.45) is 8.70. The minimum absolute atomic E-state index is 0.702. The average molecular weight is 663 g/mol. The van der Waals surface area contributed by atoms with Gasteiger partial charge in [0.15, 0.2) is 0 Å². The van der Waals surface area contributed by atoms with E-state index in [0.717, 1.165) is 33.6 Å². The number of anilines is 2. The second-order valence-corrected chi connectivity index (χ2v) is 12.9. The first-order valence-electron chi connectivity index (χ1n) is 16.0. The number of aryl methyl sites for hydroxylation is 3. The molecule has 0 saturated heterocycles. The number of benzene rings is 6. The lowest BCUT2D eigenvalue weighted by atomic mass is 9.96. The first kappa shape index (κ1) is 32.8. The van der Waals surface area contributed by atoms with Crippen molar-refractivity contribution in [2.75, 3.05) is 4.90 Å². The maximum atomic E-state index is 6.28. The molecule has 0 N–H and O–H groups in total. The van der Waals surface area contributed by atoms with E-state index in [-0.39, 0.29) is 0 Å². The maximum absolute atomic E-state index is 6.28. The van der Waals surface area contributed by atoms with Crippen LogP contribution >= 0.6 is 23.2 Å². The summed E-state index contributed by atoms with van der Waals surface area (Å²) in [5.74, 6) is 0. The van der Waals surface area contributed by atoms with Crippen LogP contribution in [0, 0.1) is 20.8 Å². The first-order chi connectivity index (χ1) is 23.3. The SMILES string of the molecule is Cc1ccc(C(=C/C=C/c2ccc(N(C=C(c3ccc(Cl)cc3)c3ccc(Cl)cc3)c3ccc(C)cc3)cc2)c2ccc(C)cc2)cc1. The number of hydrogen-bond acceptors (Lipinski definition) is 1. The van der Waals surface area contributed by atoms with E-state index in [1.165, 1.54) is 33.4 Å². The van der Waals surface area contributed by atoms with E-state index in [1.54, 1.807) is 0 Å². The Labute approximate surface area is 294 Å². The van der Waals surface area contributed by atoms with Gasteiger partial charge < -0.3 is 4.90 Å². The molecule has 0 unspecified atom stereocenters. The van der Waals surface area contributed by atoms with Crippen LogP contribution in [0.2, 0.25) is 10.0 Å². The van der Waals surface area contributed by atoms with Crippen molar-refractivity contribution in [1.82, 2.24) is 0 Å². The van der Waals surface area contributed by atoms with Crippen molar-refractivity contribution in [3.63, 3.8) is 0 Å². The van der Waals surface area contributed by atoms with E-state index < -0.39 is 0 Å². The largest absolute Gasteiger partial charge is 0.317 e. The molecule has 236 valence electrons. The normalized spacial score (nSPS) is 10.9. The van der Waals surface area contributed by atoms with E-state index in [2.05, 4.69) is 171 Å². The van der Waals surface area contributed by atoms with E-state index in [9.17, 15) is 0 Å². The monoisotopic (exact) mass is 661 g/mol. The van der Waals surface area contributed by atoms with Gasteiger partial charge in [0, 0.05) is 33.2 Å². The van der Waals surface area contributed by atoms with Gasteiger partial charge in [0.25, 0.3) is 0 Å². The van der Waals surface area contributed by atoms with Gasteiger partial charge in [0.2, 0.25) is 0 Å². The highest BCUT2D eigenvalue weighted by atomic mass is 35.5. The van der Waals surface area contributed by atoms with E-state index in [0.29, 0.717) is 10.0 Å². The van der Waals surface area contributed by atoms with Crippen molar-refractivity contribution < 1.29 is 0 Å². The molecule has 0 bridgehead atoms. The summed E-state index contributed by atoms with van der Waals surface area (Å²) in [4.78, 5) is 2.23. The van der Waals surface area contributed by atoms with E-state index >= 15 is 0 Å². The third kappa shape index (κ3) is 8.25. The lowest BCUT2D eigenvalue weighted by Crippen LogP contribution is -2.10. The predicted molar refractivity (Wildman–Crippen MR) is 208 cm³/mol. The zero-order valence-corrected chi connectivity index (χ0v) is 28.9. The van der Waals surface area contributed by atoms with Gasteiger partial charge in [-0.05, 0) is 103 Å². The fourth-order valence-corrected chi connectivity index (χ4v) is 5.79. The van der Waals surface area contributed by atoms with Crippen LogP contribution in [0.25, 0.3) is 17.2 Å². The highest BCUT2D eigenvalue weighted by Gasteiger charge is 2.13. The Morgan fingerprint density at radius 1 is 0.438 bits per heavy atom. The summed E-state index contributed by atoms with van der Waals surface area (Å²) >= 11 is 12.6. The summed E-state index contributed by atoms with van der Waals surface area (Å²) in [6, 6.07) is 50.6. The standard InChI is InChI=1S/C45H37Cl2N/c1-32-7-15-36(16-8-32)44(37-17-9-33(2)10-18-37)6-4-5-35-13-29-43(30-14-35)48(42-27-11-34(3)12-28-42)31-45(38-19-23-40(46)24-20-38)39-21-25-41(47)26-22-39/h4-31H,1-3H3/b5-4+. The van der Waals surface area contributed by atoms with Crippen molar-refractivity contribution in [3.05, 3.63) is 218 Å². The van der Waals surface area contributed by atoms with Crippen LogP contribution < -0.4 is 4.90 Å². The summed E-state index contributed by atoms with van der Waals surface area (Å²) in [6.45, 7) is 6.35. The van der Waals surface area contributed by atoms with Crippen LogP contribution in [0.15, 0.2) is 164 Å². The van der Waals surface area contributed by atoms with Crippen molar-refractivity contribution in [1.29, 1.82) is 0 Å². The van der Waals surface area contributed by atoms with Gasteiger partial charge in [-0.25, -0.2) is 0 Å². The molecule has 0 saturated carbocycles. The minimum Gasteiger partial charge on any atom is -0.317 e. The van der Waals surface area contributed by atoms with Crippen LogP contribution in [0.5, 0.6) is 0 Å². The number of hydrogen-bond donors (Lipinski definition) is 0.